The predicted molar refractivity (Wildman–Crippen MR) is 92.9 cm³/mol. The van der Waals surface area contributed by atoms with Gasteiger partial charge in [-0.15, -0.1) is 0 Å². The number of nitrogens with one attached hydrogen (secondary N) is 1. The van der Waals surface area contributed by atoms with E-state index in [-0.39, 0.29) is 12.6 Å². The number of hydrogen-bond donors (Lipinski definition) is 2. The lowest BCUT2D eigenvalue weighted by atomic mass is 10.1. The van der Waals surface area contributed by atoms with E-state index in [9.17, 15) is 5.11 Å². The Morgan fingerprint density at radius 3 is 2.86 bits per heavy atom. The third-order valence-corrected chi connectivity index (χ3v) is 5.01. The summed E-state index contributed by atoms with van der Waals surface area (Å²) >= 11 is 3.73. The maximum Gasteiger partial charge on any atom is 0.0635 e. The molecule has 0 bridgehead atoms. The summed E-state index contributed by atoms with van der Waals surface area (Å²) in [6, 6.07) is 7.22. The van der Waals surface area contributed by atoms with E-state index in [1.54, 1.807) is 0 Å². The van der Waals surface area contributed by atoms with Gasteiger partial charge in [-0.05, 0) is 59.9 Å². The third kappa shape index (κ3) is 4.21. The highest BCUT2D eigenvalue weighted by molar-refractivity contribution is 9.10. The Hall–Kier alpha value is -0.580. The van der Waals surface area contributed by atoms with Crippen LogP contribution in [0.2, 0.25) is 0 Å². The summed E-state index contributed by atoms with van der Waals surface area (Å²) in [6.45, 7) is 6.56. The van der Waals surface area contributed by atoms with Gasteiger partial charge in [0.15, 0.2) is 0 Å². The highest BCUT2D eigenvalue weighted by Crippen LogP contribution is 2.33. The van der Waals surface area contributed by atoms with Gasteiger partial charge in [0.1, 0.15) is 0 Å². The standard InChI is InChI=1S/C17H27BrN2O/c1-3-19-13(2)14-8-9-17(16(18)11-14)20-10-6-4-5-7-15(20)12-21/h8-9,11,13,15,19,21H,3-7,10,12H2,1-2H3. The average Bonchev–Trinajstić information content (AvgIpc) is 2.72. The molecule has 1 aromatic carbocycles. The van der Waals surface area contributed by atoms with Gasteiger partial charge in [-0.25, -0.2) is 0 Å². The molecular weight excluding hydrogens is 328 g/mol. The van der Waals surface area contributed by atoms with E-state index in [2.05, 4.69) is 58.2 Å². The van der Waals surface area contributed by atoms with E-state index in [0.717, 1.165) is 24.0 Å². The lowest BCUT2D eigenvalue weighted by Gasteiger charge is -2.32. The van der Waals surface area contributed by atoms with Crippen LogP contribution in [0.3, 0.4) is 0 Å². The zero-order valence-electron chi connectivity index (χ0n) is 13.1. The van der Waals surface area contributed by atoms with Crippen LogP contribution >= 0.6 is 15.9 Å². The van der Waals surface area contributed by atoms with Crippen molar-refractivity contribution < 1.29 is 5.11 Å². The van der Waals surface area contributed by atoms with Crippen LogP contribution in [0, 0.1) is 0 Å². The van der Waals surface area contributed by atoms with Gasteiger partial charge >= 0.3 is 0 Å². The topological polar surface area (TPSA) is 35.5 Å². The summed E-state index contributed by atoms with van der Waals surface area (Å²) in [6.07, 6.45) is 4.77. The van der Waals surface area contributed by atoms with Gasteiger partial charge in [-0.1, -0.05) is 25.8 Å². The SMILES string of the molecule is CCNC(C)c1ccc(N2CCCCCC2CO)c(Br)c1. The van der Waals surface area contributed by atoms with E-state index in [1.165, 1.54) is 30.5 Å². The maximum atomic E-state index is 9.68. The Morgan fingerprint density at radius 1 is 1.38 bits per heavy atom. The average molecular weight is 355 g/mol. The molecule has 0 aromatic heterocycles. The summed E-state index contributed by atoms with van der Waals surface area (Å²) in [5.74, 6) is 0. The van der Waals surface area contributed by atoms with Crippen molar-refractivity contribution in [1.29, 1.82) is 0 Å². The molecule has 2 atom stereocenters. The zero-order chi connectivity index (χ0) is 15.2. The minimum atomic E-state index is 0.238. The molecule has 2 unspecified atom stereocenters. The van der Waals surface area contributed by atoms with Gasteiger partial charge in [0.05, 0.1) is 18.3 Å². The van der Waals surface area contributed by atoms with Crippen LogP contribution in [0.25, 0.3) is 0 Å². The first-order valence-electron chi connectivity index (χ1n) is 8.07. The molecule has 1 fully saturated rings. The molecule has 3 nitrogen and oxygen atoms in total. The summed E-state index contributed by atoms with van der Waals surface area (Å²) in [5, 5.41) is 13.1. The van der Waals surface area contributed by atoms with Gasteiger partial charge in [0, 0.05) is 17.1 Å². The Kier molecular flexibility index (Phi) is 6.52. The molecule has 118 valence electrons. The van der Waals surface area contributed by atoms with E-state index >= 15 is 0 Å². The van der Waals surface area contributed by atoms with E-state index in [4.69, 9.17) is 0 Å². The number of aliphatic hydroxyl groups is 1. The fourth-order valence-electron chi connectivity index (χ4n) is 3.13. The predicted octanol–water partition coefficient (Wildman–Crippen LogP) is 3.86. The second-order valence-electron chi connectivity index (χ2n) is 5.87. The van der Waals surface area contributed by atoms with Gasteiger partial charge in [-0.2, -0.15) is 0 Å². The highest BCUT2D eigenvalue weighted by Gasteiger charge is 2.22. The third-order valence-electron chi connectivity index (χ3n) is 4.38. The molecule has 1 heterocycles. The molecule has 0 saturated carbocycles. The normalized spacial score (nSPS) is 21.1. The Labute approximate surface area is 136 Å². The summed E-state index contributed by atoms with van der Waals surface area (Å²) < 4.78 is 1.13. The van der Waals surface area contributed by atoms with Crippen molar-refractivity contribution in [3.05, 3.63) is 28.2 Å². The number of halogens is 1. The van der Waals surface area contributed by atoms with Gasteiger partial charge in [0.2, 0.25) is 0 Å². The summed E-state index contributed by atoms with van der Waals surface area (Å²) in [5.41, 5.74) is 2.51. The Bertz CT molecular complexity index is 452. The Morgan fingerprint density at radius 2 is 2.19 bits per heavy atom. The molecule has 0 aliphatic carbocycles. The first-order chi connectivity index (χ1) is 10.2. The quantitative estimate of drug-likeness (QED) is 0.842. The monoisotopic (exact) mass is 354 g/mol. The molecule has 1 aliphatic heterocycles. The summed E-state index contributed by atoms with van der Waals surface area (Å²) in [7, 11) is 0. The van der Waals surface area contributed by atoms with Crippen LogP contribution in [0.15, 0.2) is 22.7 Å². The van der Waals surface area contributed by atoms with Crippen LogP contribution in [0.5, 0.6) is 0 Å². The number of rotatable bonds is 5. The largest absolute Gasteiger partial charge is 0.394 e. The number of hydrogen-bond acceptors (Lipinski definition) is 3. The molecule has 1 aromatic rings. The molecule has 21 heavy (non-hydrogen) atoms. The molecular formula is C17H27BrN2O. The number of benzene rings is 1. The molecule has 1 saturated heterocycles. The molecule has 0 amide bonds. The second kappa shape index (κ2) is 8.16. The van der Waals surface area contributed by atoms with Crippen molar-refractivity contribution in [3.63, 3.8) is 0 Å². The van der Waals surface area contributed by atoms with E-state index < -0.39 is 0 Å². The minimum Gasteiger partial charge on any atom is -0.394 e. The second-order valence-corrected chi connectivity index (χ2v) is 6.72. The van der Waals surface area contributed by atoms with Crippen molar-refractivity contribution in [1.82, 2.24) is 5.32 Å². The molecule has 2 N–H and O–H groups in total. The number of anilines is 1. The fraction of sp³-hybridized carbons (Fsp3) is 0.647. The highest BCUT2D eigenvalue weighted by atomic mass is 79.9. The van der Waals surface area contributed by atoms with Crippen LogP contribution in [0.4, 0.5) is 5.69 Å². The number of aliphatic hydroxyl groups excluding tert-OH is 1. The van der Waals surface area contributed by atoms with Crippen molar-refractivity contribution in [2.45, 2.75) is 51.6 Å². The molecule has 2 rings (SSSR count). The van der Waals surface area contributed by atoms with Crippen molar-refractivity contribution in [2.24, 2.45) is 0 Å². The first-order valence-corrected chi connectivity index (χ1v) is 8.87. The maximum absolute atomic E-state index is 9.68. The first kappa shape index (κ1) is 16.8. The molecule has 1 aliphatic rings. The van der Waals surface area contributed by atoms with Gasteiger partial charge < -0.3 is 15.3 Å². The van der Waals surface area contributed by atoms with Crippen molar-refractivity contribution in [3.8, 4) is 0 Å². The summed E-state index contributed by atoms with van der Waals surface area (Å²) in [4.78, 5) is 2.37. The van der Waals surface area contributed by atoms with Crippen LogP contribution in [-0.4, -0.2) is 30.8 Å². The smallest absolute Gasteiger partial charge is 0.0635 e. The zero-order valence-corrected chi connectivity index (χ0v) is 14.7. The molecule has 0 spiro atoms. The van der Waals surface area contributed by atoms with Crippen LogP contribution in [-0.2, 0) is 0 Å². The molecule has 4 heteroatoms. The van der Waals surface area contributed by atoms with E-state index in [1.807, 2.05) is 0 Å². The van der Waals surface area contributed by atoms with Crippen LogP contribution in [0.1, 0.15) is 51.1 Å². The molecule has 0 radical (unpaired) electrons. The Balaban J connectivity index is 2.22. The van der Waals surface area contributed by atoms with Crippen molar-refractivity contribution in [2.75, 3.05) is 24.6 Å². The lowest BCUT2D eigenvalue weighted by molar-refractivity contribution is 0.255. The number of nitrogens with zero attached hydrogens (tertiary/aromatic N) is 1. The fourth-order valence-corrected chi connectivity index (χ4v) is 3.76. The lowest BCUT2D eigenvalue weighted by Crippen LogP contribution is -2.37. The van der Waals surface area contributed by atoms with Gasteiger partial charge in [-0.3, -0.25) is 0 Å². The van der Waals surface area contributed by atoms with Crippen molar-refractivity contribution >= 4 is 21.6 Å². The van der Waals surface area contributed by atoms with Gasteiger partial charge in [0.25, 0.3) is 0 Å². The van der Waals surface area contributed by atoms with Crippen LogP contribution < -0.4 is 10.2 Å². The minimum absolute atomic E-state index is 0.238. The van der Waals surface area contributed by atoms with E-state index in [0.29, 0.717) is 6.04 Å².